The van der Waals surface area contributed by atoms with E-state index in [2.05, 4.69) is 26.1 Å². The van der Waals surface area contributed by atoms with Gasteiger partial charge in [0.05, 0.1) is 15.5 Å². The van der Waals surface area contributed by atoms with Gasteiger partial charge in [0.1, 0.15) is 0 Å². The molecular weight excluding hydrogens is 264 g/mol. The first kappa shape index (κ1) is 15.9. The largest absolute Gasteiger partial charge is 0.310 e. The van der Waals surface area contributed by atoms with E-state index in [1.54, 1.807) is 12.1 Å². The quantitative estimate of drug-likeness (QED) is 0.604. The van der Waals surface area contributed by atoms with Gasteiger partial charge in [-0.05, 0) is 31.7 Å². The summed E-state index contributed by atoms with van der Waals surface area (Å²) in [6.07, 6.45) is 2.19. The molecule has 0 aliphatic carbocycles. The first-order valence-electron chi connectivity index (χ1n) is 6.57. The molecule has 0 aromatic heterocycles. The number of nitro benzene ring substituents is 1. The molecule has 19 heavy (non-hydrogen) atoms. The molecule has 1 aromatic carbocycles. The number of nitro groups is 1. The molecular formula is C14H21ClN2O2. The average Bonchev–Trinajstić information content (AvgIpc) is 2.34. The van der Waals surface area contributed by atoms with Gasteiger partial charge in [0, 0.05) is 18.7 Å². The number of hydrogen-bond donors (Lipinski definition) is 1. The van der Waals surface area contributed by atoms with Crippen molar-refractivity contribution in [2.75, 3.05) is 0 Å². The topological polar surface area (TPSA) is 55.2 Å². The highest BCUT2D eigenvalue weighted by Gasteiger charge is 2.16. The molecule has 0 saturated heterocycles. The van der Waals surface area contributed by atoms with Crippen LogP contribution in [0.4, 0.5) is 5.69 Å². The fraction of sp³-hybridized carbons (Fsp3) is 0.571. The van der Waals surface area contributed by atoms with Crippen LogP contribution in [0.2, 0.25) is 5.02 Å². The van der Waals surface area contributed by atoms with Crippen LogP contribution in [0.15, 0.2) is 18.2 Å². The van der Waals surface area contributed by atoms with E-state index < -0.39 is 0 Å². The van der Waals surface area contributed by atoms with Gasteiger partial charge >= 0.3 is 0 Å². The molecule has 0 spiro atoms. The lowest BCUT2D eigenvalue weighted by atomic mass is 10.0. The van der Waals surface area contributed by atoms with Gasteiger partial charge in [0.25, 0.3) is 5.69 Å². The molecule has 0 aliphatic rings. The van der Waals surface area contributed by atoms with Gasteiger partial charge in [-0.1, -0.05) is 31.5 Å². The van der Waals surface area contributed by atoms with Crippen LogP contribution >= 0.6 is 11.6 Å². The van der Waals surface area contributed by atoms with Gasteiger partial charge in [-0.3, -0.25) is 10.1 Å². The van der Waals surface area contributed by atoms with Crippen LogP contribution in [0.3, 0.4) is 0 Å². The molecule has 1 aromatic rings. The SMILES string of the molecule is CC(C)CCC(C)NCc1c(Cl)cccc1[N+](=O)[O-]. The Morgan fingerprint density at radius 2 is 2.00 bits per heavy atom. The summed E-state index contributed by atoms with van der Waals surface area (Å²) in [7, 11) is 0. The molecule has 1 rings (SSSR count). The normalized spacial score (nSPS) is 12.7. The highest BCUT2D eigenvalue weighted by Crippen LogP contribution is 2.26. The molecule has 0 saturated carbocycles. The lowest BCUT2D eigenvalue weighted by Gasteiger charge is -2.15. The van der Waals surface area contributed by atoms with E-state index in [0.29, 0.717) is 29.1 Å². The van der Waals surface area contributed by atoms with Crippen molar-refractivity contribution in [3.63, 3.8) is 0 Å². The van der Waals surface area contributed by atoms with Gasteiger partial charge in [-0.2, -0.15) is 0 Å². The van der Waals surface area contributed by atoms with Crippen LogP contribution < -0.4 is 5.32 Å². The van der Waals surface area contributed by atoms with Crippen molar-refractivity contribution in [1.29, 1.82) is 0 Å². The summed E-state index contributed by atoms with van der Waals surface area (Å²) in [4.78, 5) is 10.6. The van der Waals surface area contributed by atoms with Crippen LogP contribution in [-0.4, -0.2) is 11.0 Å². The van der Waals surface area contributed by atoms with Gasteiger partial charge in [-0.15, -0.1) is 0 Å². The second-order valence-electron chi connectivity index (χ2n) is 5.25. The number of hydrogen-bond acceptors (Lipinski definition) is 3. The molecule has 1 unspecified atom stereocenters. The summed E-state index contributed by atoms with van der Waals surface area (Å²) in [5, 5.41) is 14.7. The molecule has 0 bridgehead atoms. The maximum atomic E-state index is 11.0. The average molecular weight is 285 g/mol. The Morgan fingerprint density at radius 1 is 1.32 bits per heavy atom. The number of halogens is 1. The number of benzene rings is 1. The molecule has 0 amide bonds. The molecule has 106 valence electrons. The number of rotatable bonds is 7. The van der Waals surface area contributed by atoms with Crippen LogP contribution in [0, 0.1) is 16.0 Å². The Bertz CT molecular complexity index is 435. The molecule has 4 nitrogen and oxygen atoms in total. The molecule has 0 heterocycles. The van der Waals surface area contributed by atoms with Gasteiger partial charge < -0.3 is 5.32 Å². The summed E-state index contributed by atoms with van der Waals surface area (Å²) in [5.74, 6) is 0.666. The lowest BCUT2D eigenvalue weighted by molar-refractivity contribution is -0.385. The van der Waals surface area contributed by atoms with Crippen molar-refractivity contribution in [3.8, 4) is 0 Å². The van der Waals surface area contributed by atoms with E-state index in [4.69, 9.17) is 11.6 Å². The van der Waals surface area contributed by atoms with Gasteiger partial charge in [0.15, 0.2) is 0 Å². The Morgan fingerprint density at radius 3 is 2.58 bits per heavy atom. The lowest BCUT2D eigenvalue weighted by Crippen LogP contribution is -2.26. The molecule has 1 atom stereocenters. The van der Waals surface area contributed by atoms with Crippen LogP contribution in [0.25, 0.3) is 0 Å². The Balaban J connectivity index is 2.64. The van der Waals surface area contributed by atoms with Crippen LogP contribution in [0.5, 0.6) is 0 Å². The smallest absolute Gasteiger partial charge is 0.275 e. The fourth-order valence-corrected chi connectivity index (χ4v) is 2.09. The highest BCUT2D eigenvalue weighted by molar-refractivity contribution is 6.31. The second-order valence-corrected chi connectivity index (χ2v) is 5.65. The minimum absolute atomic E-state index is 0.0797. The van der Waals surface area contributed by atoms with Crippen molar-refractivity contribution < 1.29 is 4.92 Å². The summed E-state index contributed by atoms with van der Waals surface area (Å²) in [5.41, 5.74) is 0.640. The maximum Gasteiger partial charge on any atom is 0.275 e. The minimum Gasteiger partial charge on any atom is -0.310 e. The Labute approximate surface area is 119 Å². The monoisotopic (exact) mass is 284 g/mol. The molecule has 1 N–H and O–H groups in total. The van der Waals surface area contributed by atoms with E-state index in [9.17, 15) is 10.1 Å². The third-order valence-corrected chi connectivity index (χ3v) is 3.45. The van der Waals surface area contributed by atoms with E-state index >= 15 is 0 Å². The first-order chi connectivity index (χ1) is 8.91. The maximum absolute atomic E-state index is 11.0. The van der Waals surface area contributed by atoms with Crippen LogP contribution in [0.1, 0.15) is 39.2 Å². The highest BCUT2D eigenvalue weighted by atomic mass is 35.5. The second kappa shape index (κ2) is 7.46. The number of nitrogens with one attached hydrogen (secondary N) is 1. The van der Waals surface area contributed by atoms with Gasteiger partial charge in [0.2, 0.25) is 0 Å². The Kier molecular flexibility index (Phi) is 6.25. The van der Waals surface area contributed by atoms with E-state index in [-0.39, 0.29) is 10.6 Å². The molecule has 5 heteroatoms. The third-order valence-electron chi connectivity index (χ3n) is 3.10. The third kappa shape index (κ3) is 5.17. The van der Waals surface area contributed by atoms with E-state index in [1.807, 2.05) is 0 Å². The molecule has 0 radical (unpaired) electrons. The zero-order valence-electron chi connectivity index (χ0n) is 11.6. The summed E-state index contributed by atoms with van der Waals surface area (Å²) in [6.45, 7) is 6.89. The molecule has 0 fully saturated rings. The molecule has 0 aliphatic heterocycles. The summed E-state index contributed by atoms with van der Waals surface area (Å²) >= 11 is 6.04. The summed E-state index contributed by atoms with van der Waals surface area (Å²) in [6, 6.07) is 5.09. The van der Waals surface area contributed by atoms with E-state index in [1.165, 1.54) is 6.07 Å². The predicted molar refractivity (Wildman–Crippen MR) is 78.5 cm³/mol. The minimum atomic E-state index is -0.387. The van der Waals surface area contributed by atoms with Crippen LogP contribution in [-0.2, 0) is 6.54 Å². The van der Waals surface area contributed by atoms with Crippen molar-refractivity contribution >= 4 is 17.3 Å². The zero-order valence-corrected chi connectivity index (χ0v) is 12.4. The zero-order chi connectivity index (χ0) is 14.4. The van der Waals surface area contributed by atoms with E-state index in [0.717, 1.165) is 12.8 Å². The number of nitrogens with zero attached hydrogens (tertiary/aromatic N) is 1. The van der Waals surface area contributed by atoms with Gasteiger partial charge in [-0.25, -0.2) is 0 Å². The van der Waals surface area contributed by atoms with Crippen molar-refractivity contribution in [1.82, 2.24) is 5.32 Å². The van der Waals surface area contributed by atoms with Crippen molar-refractivity contribution in [2.24, 2.45) is 5.92 Å². The van der Waals surface area contributed by atoms with Crippen molar-refractivity contribution in [3.05, 3.63) is 38.9 Å². The Hall–Kier alpha value is -1.13. The van der Waals surface area contributed by atoms with Crippen molar-refractivity contribution in [2.45, 2.75) is 46.2 Å². The summed E-state index contributed by atoms with van der Waals surface area (Å²) < 4.78 is 0. The standard InChI is InChI=1S/C14H21ClN2O2/c1-10(2)7-8-11(3)16-9-12-13(15)5-4-6-14(12)17(18)19/h4-6,10-11,16H,7-9H2,1-3H3. The first-order valence-corrected chi connectivity index (χ1v) is 6.94. The predicted octanol–water partition coefficient (Wildman–Crippen LogP) is 4.16. The fourth-order valence-electron chi connectivity index (χ4n) is 1.86.